The minimum absolute atomic E-state index is 0.0237. The van der Waals surface area contributed by atoms with Crippen LogP contribution in [0.25, 0.3) is 10.9 Å². The smallest absolute Gasteiger partial charge is 0.306 e. The molecule has 0 saturated heterocycles. The van der Waals surface area contributed by atoms with Crippen LogP contribution in [0.1, 0.15) is 11.8 Å². The van der Waals surface area contributed by atoms with Crippen LogP contribution in [0.5, 0.6) is 5.75 Å². The highest BCUT2D eigenvalue weighted by Gasteiger charge is 2.13. The summed E-state index contributed by atoms with van der Waals surface area (Å²) in [6.45, 7) is 0. The van der Waals surface area contributed by atoms with Crippen molar-refractivity contribution >= 4 is 29.5 Å². The van der Waals surface area contributed by atoms with Gasteiger partial charge in [-0.3, -0.25) is 4.79 Å². The van der Waals surface area contributed by atoms with E-state index in [4.69, 9.17) is 9.84 Å². The van der Waals surface area contributed by atoms with E-state index < -0.39 is 5.97 Å². The number of ether oxygens (including phenoxy) is 1. The van der Waals surface area contributed by atoms with Crippen molar-refractivity contribution in [2.75, 3.05) is 7.11 Å². The molecule has 0 aliphatic heterocycles. The molecule has 1 unspecified atom stereocenters. The monoisotopic (exact) mass is 251 g/mol. The number of nitrogens with zero attached hydrogens (tertiary/aromatic N) is 1. The number of rotatable bonds is 4. The number of aromatic nitrogens is 1. The molecule has 5 heteroatoms. The van der Waals surface area contributed by atoms with E-state index in [9.17, 15) is 4.79 Å². The summed E-state index contributed by atoms with van der Waals surface area (Å²) in [7, 11) is 1.61. The van der Waals surface area contributed by atoms with Gasteiger partial charge in [0.05, 0.1) is 24.4 Å². The summed E-state index contributed by atoms with van der Waals surface area (Å²) in [5, 5.41) is 9.35. The lowest BCUT2D eigenvalue weighted by Crippen LogP contribution is -2.07. The molecule has 4 nitrogen and oxygen atoms in total. The van der Waals surface area contributed by atoms with Crippen molar-refractivity contribution in [1.29, 1.82) is 0 Å². The van der Waals surface area contributed by atoms with E-state index in [1.54, 1.807) is 7.11 Å². The third kappa shape index (κ3) is 2.24. The molecular formula is C12H13NO3S. The van der Waals surface area contributed by atoms with Crippen LogP contribution in [0.3, 0.4) is 0 Å². The molecule has 2 rings (SSSR count). The Bertz CT molecular complexity index is 550. The van der Waals surface area contributed by atoms with Crippen LogP contribution in [0.4, 0.5) is 0 Å². The fourth-order valence-corrected chi connectivity index (χ4v) is 2.21. The third-order valence-corrected chi connectivity index (χ3v) is 3.05. The van der Waals surface area contributed by atoms with Crippen molar-refractivity contribution in [3.8, 4) is 5.75 Å². The number of hydrogen-bond donors (Lipinski definition) is 2. The van der Waals surface area contributed by atoms with Gasteiger partial charge in [0, 0.05) is 11.6 Å². The van der Waals surface area contributed by atoms with E-state index in [1.807, 2.05) is 35.0 Å². The predicted molar refractivity (Wildman–Crippen MR) is 68.8 cm³/mol. The second kappa shape index (κ2) is 4.71. The number of benzene rings is 1. The average Bonchev–Trinajstić information content (AvgIpc) is 2.71. The molecule has 1 N–H and O–H groups in total. The molecule has 17 heavy (non-hydrogen) atoms. The highest BCUT2D eigenvalue weighted by molar-refractivity contribution is 7.80. The maximum absolute atomic E-state index is 10.7. The number of methoxy groups -OCH3 is 1. The van der Waals surface area contributed by atoms with Gasteiger partial charge in [0.15, 0.2) is 0 Å². The zero-order valence-corrected chi connectivity index (χ0v) is 10.2. The number of fused-ring (bicyclic) bond motifs is 1. The molecule has 0 bridgehead atoms. The van der Waals surface area contributed by atoms with Crippen molar-refractivity contribution in [2.45, 2.75) is 11.8 Å². The Morgan fingerprint density at radius 2 is 2.29 bits per heavy atom. The van der Waals surface area contributed by atoms with Crippen LogP contribution in [0.15, 0.2) is 30.5 Å². The summed E-state index contributed by atoms with van der Waals surface area (Å²) in [6, 6.07) is 7.57. The zero-order valence-electron chi connectivity index (χ0n) is 9.33. The maximum Gasteiger partial charge on any atom is 0.306 e. The molecule has 0 amide bonds. The van der Waals surface area contributed by atoms with E-state index >= 15 is 0 Å². The minimum atomic E-state index is -0.866. The van der Waals surface area contributed by atoms with Crippen molar-refractivity contribution in [3.63, 3.8) is 0 Å². The first-order valence-electron chi connectivity index (χ1n) is 5.17. The average molecular weight is 251 g/mol. The summed E-state index contributed by atoms with van der Waals surface area (Å²) < 4.78 is 7.08. The SMILES string of the molecule is COc1cccc2c1ccn2C(S)CC(=O)O. The molecule has 0 fully saturated rings. The van der Waals surface area contributed by atoms with E-state index in [-0.39, 0.29) is 11.8 Å². The lowest BCUT2D eigenvalue weighted by atomic mass is 10.2. The Hall–Kier alpha value is -1.62. The van der Waals surface area contributed by atoms with Gasteiger partial charge in [0.1, 0.15) is 5.75 Å². The largest absolute Gasteiger partial charge is 0.496 e. The number of hydrogen-bond acceptors (Lipinski definition) is 3. The quantitative estimate of drug-likeness (QED) is 0.821. The molecule has 90 valence electrons. The standard InChI is InChI=1S/C12H13NO3S/c1-16-10-4-2-3-9-8(10)5-6-13(9)11(17)7-12(14)15/h2-6,11,17H,7H2,1H3,(H,14,15). The number of thiol groups is 1. The number of aliphatic carboxylic acids is 1. The molecule has 0 spiro atoms. The first-order chi connectivity index (χ1) is 8.13. The molecule has 0 radical (unpaired) electrons. The van der Waals surface area contributed by atoms with Gasteiger partial charge in [-0.2, -0.15) is 12.6 Å². The van der Waals surface area contributed by atoms with Crippen LogP contribution in [-0.2, 0) is 4.79 Å². The van der Waals surface area contributed by atoms with Gasteiger partial charge < -0.3 is 14.4 Å². The van der Waals surface area contributed by atoms with Gasteiger partial charge >= 0.3 is 5.97 Å². The Morgan fingerprint density at radius 3 is 2.94 bits per heavy atom. The fraction of sp³-hybridized carbons (Fsp3) is 0.250. The third-order valence-electron chi connectivity index (χ3n) is 2.62. The lowest BCUT2D eigenvalue weighted by Gasteiger charge is -2.12. The van der Waals surface area contributed by atoms with Gasteiger partial charge in [0.2, 0.25) is 0 Å². The van der Waals surface area contributed by atoms with Crippen LogP contribution in [0.2, 0.25) is 0 Å². The van der Waals surface area contributed by atoms with Crippen molar-refractivity contribution in [2.24, 2.45) is 0 Å². The molecule has 1 heterocycles. The molecule has 0 aliphatic carbocycles. The lowest BCUT2D eigenvalue weighted by molar-refractivity contribution is -0.137. The van der Waals surface area contributed by atoms with E-state index in [2.05, 4.69) is 12.6 Å². The van der Waals surface area contributed by atoms with Gasteiger partial charge in [-0.1, -0.05) is 6.07 Å². The molecule has 1 aromatic carbocycles. The molecule has 2 aromatic rings. The Balaban J connectivity index is 2.46. The summed E-state index contributed by atoms with van der Waals surface area (Å²) in [6.07, 6.45) is 1.80. The number of carbonyl (C=O) groups is 1. The zero-order chi connectivity index (χ0) is 12.4. The highest BCUT2D eigenvalue weighted by atomic mass is 32.1. The van der Waals surface area contributed by atoms with Crippen LogP contribution < -0.4 is 4.74 Å². The van der Waals surface area contributed by atoms with Gasteiger partial charge in [-0.15, -0.1) is 0 Å². The summed E-state index contributed by atoms with van der Waals surface area (Å²) in [5.41, 5.74) is 0.922. The topological polar surface area (TPSA) is 51.5 Å². The van der Waals surface area contributed by atoms with Crippen molar-refractivity contribution < 1.29 is 14.6 Å². The first-order valence-corrected chi connectivity index (χ1v) is 5.68. The summed E-state index contributed by atoms with van der Waals surface area (Å²) >= 11 is 4.31. The molecule has 0 saturated carbocycles. The molecule has 0 aliphatic rings. The van der Waals surface area contributed by atoms with Gasteiger partial charge in [0.25, 0.3) is 0 Å². The van der Waals surface area contributed by atoms with Crippen LogP contribution >= 0.6 is 12.6 Å². The molecule has 1 atom stereocenters. The van der Waals surface area contributed by atoms with Crippen LogP contribution in [-0.4, -0.2) is 22.8 Å². The fourth-order valence-electron chi connectivity index (χ4n) is 1.85. The van der Waals surface area contributed by atoms with Crippen LogP contribution in [0, 0.1) is 0 Å². The predicted octanol–water partition coefficient (Wildman–Crippen LogP) is 2.55. The number of carboxylic acid groups (broad SMARTS) is 1. The number of carboxylic acids is 1. The Labute approximate surface area is 104 Å². The Morgan fingerprint density at radius 1 is 1.53 bits per heavy atom. The van der Waals surface area contributed by atoms with Gasteiger partial charge in [-0.25, -0.2) is 0 Å². The summed E-state index contributed by atoms with van der Waals surface area (Å²) in [4.78, 5) is 10.7. The minimum Gasteiger partial charge on any atom is -0.496 e. The molecular weight excluding hydrogens is 238 g/mol. The first kappa shape index (κ1) is 11.9. The van der Waals surface area contributed by atoms with E-state index in [0.29, 0.717) is 0 Å². The second-order valence-electron chi connectivity index (χ2n) is 3.69. The Kier molecular flexibility index (Phi) is 3.28. The van der Waals surface area contributed by atoms with Crippen molar-refractivity contribution in [3.05, 3.63) is 30.5 Å². The maximum atomic E-state index is 10.7. The van der Waals surface area contributed by atoms with E-state index in [0.717, 1.165) is 16.7 Å². The second-order valence-corrected chi connectivity index (χ2v) is 4.29. The summed E-state index contributed by atoms with van der Waals surface area (Å²) in [5.74, 6) is -0.0909. The normalized spacial score (nSPS) is 12.6. The molecule has 1 aromatic heterocycles. The van der Waals surface area contributed by atoms with E-state index in [1.165, 1.54) is 0 Å². The van der Waals surface area contributed by atoms with Gasteiger partial charge in [-0.05, 0) is 18.2 Å². The highest BCUT2D eigenvalue weighted by Crippen LogP contribution is 2.30. The van der Waals surface area contributed by atoms with Crippen molar-refractivity contribution in [1.82, 2.24) is 4.57 Å².